The minimum atomic E-state index is -1.00. The Bertz CT molecular complexity index is 886. The van der Waals surface area contributed by atoms with Gasteiger partial charge in [0.25, 0.3) is 0 Å². The number of hydrogen-bond donors (Lipinski definition) is 3. The average molecular weight is 474 g/mol. The second-order valence-corrected chi connectivity index (χ2v) is 9.44. The highest BCUT2D eigenvalue weighted by Crippen LogP contribution is 2.29. The van der Waals surface area contributed by atoms with E-state index in [1.54, 1.807) is 25.2 Å². The van der Waals surface area contributed by atoms with E-state index in [0.717, 1.165) is 32.5 Å². The molecule has 33 heavy (non-hydrogen) atoms. The van der Waals surface area contributed by atoms with E-state index in [-0.39, 0.29) is 12.0 Å². The minimum absolute atomic E-state index is 0.00754. The molecule has 1 amide bonds. The molecule has 1 aliphatic rings. The van der Waals surface area contributed by atoms with E-state index in [2.05, 4.69) is 39.8 Å². The van der Waals surface area contributed by atoms with Crippen LogP contribution in [-0.2, 0) is 11.3 Å². The Hall–Kier alpha value is -2.12. The molecule has 0 radical (unpaired) electrons. The first-order valence-corrected chi connectivity index (χ1v) is 12.1. The molecule has 1 aliphatic heterocycles. The lowest BCUT2D eigenvalue weighted by atomic mass is 9.89. The molecule has 1 saturated heterocycles. The third kappa shape index (κ3) is 7.71. The van der Waals surface area contributed by atoms with Crippen LogP contribution in [0.25, 0.3) is 0 Å². The number of halogens is 1. The van der Waals surface area contributed by atoms with Gasteiger partial charge in [0.15, 0.2) is 0 Å². The summed E-state index contributed by atoms with van der Waals surface area (Å²) in [6.45, 7) is 6.84. The number of aliphatic hydroxyl groups excluding tert-OH is 1. The number of hydrogen-bond acceptors (Lipinski definition) is 5. The quantitative estimate of drug-likeness (QED) is 0.452. The van der Waals surface area contributed by atoms with Crippen molar-refractivity contribution in [2.45, 2.75) is 58.0 Å². The zero-order valence-corrected chi connectivity index (χ0v) is 20.5. The number of aliphatic hydroxyl groups is 1. The molecule has 1 heterocycles. The zero-order chi connectivity index (χ0) is 23.8. The molecule has 0 bridgehead atoms. The molecule has 2 aromatic carbocycles. The Labute approximate surface area is 202 Å². The fourth-order valence-corrected chi connectivity index (χ4v) is 4.54. The lowest BCUT2D eigenvalue weighted by Crippen LogP contribution is -2.46. The van der Waals surface area contributed by atoms with Crippen LogP contribution >= 0.6 is 11.6 Å². The standard InChI is InChI=1S/C26H36ClN3O3/c1-18(2)33-24-10-9-21(16-22(24)27)25(31)29-23(26(32)28-3)15-19-11-13-30(14-12-19)17-20-7-5-4-6-8-20/h4-10,16,18-19,23,25,29,31H,11-15,17H2,1-3H3,(H,28,32)/t23-,25?/m0/s1. The second kappa shape index (κ2) is 12.4. The molecule has 1 unspecified atom stereocenters. The van der Waals surface area contributed by atoms with E-state index >= 15 is 0 Å². The van der Waals surface area contributed by atoms with Crippen molar-refractivity contribution < 1.29 is 14.6 Å². The number of nitrogens with one attached hydrogen (secondary N) is 2. The number of likely N-dealkylation sites (N-methyl/N-ethyl adjacent to an activating group) is 1. The number of benzene rings is 2. The van der Waals surface area contributed by atoms with Gasteiger partial charge in [0.2, 0.25) is 5.91 Å². The molecule has 3 rings (SSSR count). The van der Waals surface area contributed by atoms with Crippen molar-refractivity contribution in [2.24, 2.45) is 5.92 Å². The molecule has 0 spiro atoms. The summed E-state index contributed by atoms with van der Waals surface area (Å²) in [7, 11) is 1.63. The van der Waals surface area contributed by atoms with Crippen LogP contribution in [0.2, 0.25) is 5.02 Å². The summed E-state index contributed by atoms with van der Waals surface area (Å²) in [5, 5.41) is 17.0. The first-order chi connectivity index (χ1) is 15.9. The smallest absolute Gasteiger partial charge is 0.236 e. The number of nitrogens with zero attached hydrogens (tertiary/aromatic N) is 1. The number of carbonyl (C=O) groups is 1. The number of carbonyl (C=O) groups excluding carboxylic acids is 1. The zero-order valence-electron chi connectivity index (χ0n) is 19.8. The fraction of sp³-hybridized carbons (Fsp3) is 0.500. The van der Waals surface area contributed by atoms with E-state index < -0.39 is 12.3 Å². The van der Waals surface area contributed by atoms with Gasteiger partial charge in [-0.3, -0.25) is 15.0 Å². The number of ether oxygens (including phenoxy) is 1. The Balaban J connectivity index is 1.56. The van der Waals surface area contributed by atoms with Crippen LogP contribution in [0.4, 0.5) is 0 Å². The largest absolute Gasteiger partial charge is 0.489 e. The van der Waals surface area contributed by atoms with Crippen LogP contribution in [0.3, 0.4) is 0 Å². The van der Waals surface area contributed by atoms with Crippen LogP contribution in [0, 0.1) is 5.92 Å². The molecule has 6 nitrogen and oxygen atoms in total. The molecular formula is C26H36ClN3O3. The molecule has 0 saturated carbocycles. The molecule has 7 heteroatoms. The maximum Gasteiger partial charge on any atom is 0.236 e. The Kier molecular flexibility index (Phi) is 9.56. The summed E-state index contributed by atoms with van der Waals surface area (Å²) in [5.41, 5.74) is 1.93. The van der Waals surface area contributed by atoms with Crippen LogP contribution < -0.4 is 15.4 Å². The van der Waals surface area contributed by atoms with Crippen molar-refractivity contribution in [3.63, 3.8) is 0 Å². The van der Waals surface area contributed by atoms with Crippen molar-refractivity contribution in [3.8, 4) is 5.75 Å². The van der Waals surface area contributed by atoms with Gasteiger partial charge in [-0.2, -0.15) is 0 Å². The molecule has 180 valence electrons. The van der Waals surface area contributed by atoms with Crippen LogP contribution in [0.1, 0.15) is 50.5 Å². The van der Waals surface area contributed by atoms with Crippen LogP contribution in [0.15, 0.2) is 48.5 Å². The van der Waals surface area contributed by atoms with Gasteiger partial charge in [-0.05, 0) is 75.4 Å². The van der Waals surface area contributed by atoms with Gasteiger partial charge >= 0.3 is 0 Å². The van der Waals surface area contributed by atoms with Crippen LogP contribution in [0.5, 0.6) is 5.75 Å². The third-order valence-electron chi connectivity index (χ3n) is 6.08. The Morgan fingerprint density at radius 2 is 1.88 bits per heavy atom. The molecular weight excluding hydrogens is 438 g/mol. The van der Waals surface area contributed by atoms with Gasteiger partial charge in [0.05, 0.1) is 17.2 Å². The average Bonchev–Trinajstić information content (AvgIpc) is 2.81. The van der Waals surface area contributed by atoms with Gasteiger partial charge < -0.3 is 15.2 Å². The SMILES string of the molecule is CNC(=O)[C@H](CC1CCN(Cc2ccccc2)CC1)NC(O)c1ccc(OC(C)C)c(Cl)c1. The molecule has 0 aliphatic carbocycles. The summed E-state index contributed by atoms with van der Waals surface area (Å²) >= 11 is 6.32. The first-order valence-electron chi connectivity index (χ1n) is 11.7. The Morgan fingerprint density at radius 3 is 2.48 bits per heavy atom. The van der Waals surface area contributed by atoms with E-state index in [0.29, 0.717) is 28.7 Å². The van der Waals surface area contributed by atoms with Gasteiger partial charge in [-0.15, -0.1) is 0 Å². The van der Waals surface area contributed by atoms with E-state index in [1.165, 1.54) is 5.56 Å². The topological polar surface area (TPSA) is 73.8 Å². The van der Waals surface area contributed by atoms with Gasteiger partial charge in [-0.1, -0.05) is 48.0 Å². The molecule has 2 atom stereocenters. The number of piperidine rings is 1. The van der Waals surface area contributed by atoms with Gasteiger partial charge in [0.1, 0.15) is 12.0 Å². The highest BCUT2D eigenvalue weighted by Gasteiger charge is 2.27. The van der Waals surface area contributed by atoms with E-state index in [4.69, 9.17) is 16.3 Å². The van der Waals surface area contributed by atoms with E-state index in [1.807, 2.05) is 19.9 Å². The number of likely N-dealkylation sites (tertiary alicyclic amines) is 1. The second-order valence-electron chi connectivity index (χ2n) is 9.03. The Morgan fingerprint density at radius 1 is 1.18 bits per heavy atom. The van der Waals surface area contributed by atoms with Crippen molar-refractivity contribution >= 4 is 17.5 Å². The minimum Gasteiger partial charge on any atom is -0.489 e. The summed E-state index contributed by atoms with van der Waals surface area (Å²) in [6, 6.07) is 15.2. The van der Waals surface area contributed by atoms with Crippen molar-refractivity contribution in [1.82, 2.24) is 15.5 Å². The molecule has 0 aromatic heterocycles. The van der Waals surface area contributed by atoms with Crippen molar-refractivity contribution in [1.29, 1.82) is 0 Å². The highest BCUT2D eigenvalue weighted by atomic mass is 35.5. The van der Waals surface area contributed by atoms with Crippen LogP contribution in [-0.4, -0.2) is 48.2 Å². The lowest BCUT2D eigenvalue weighted by Gasteiger charge is -2.34. The maximum atomic E-state index is 12.6. The molecule has 3 N–H and O–H groups in total. The molecule has 1 fully saturated rings. The normalized spacial score (nSPS) is 17.0. The van der Waals surface area contributed by atoms with Gasteiger partial charge in [-0.25, -0.2) is 0 Å². The highest BCUT2D eigenvalue weighted by molar-refractivity contribution is 6.32. The monoisotopic (exact) mass is 473 g/mol. The van der Waals surface area contributed by atoms with Crippen molar-refractivity contribution in [2.75, 3.05) is 20.1 Å². The summed E-state index contributed by atoms with van der Waals surface area (Å²) < 4.78 is 5.66. The fourth-order valence-electron chi connectivity index (χ4n) is 4.30. The predicted molar refractivity (Wildman–Crippen MR) is 132 cm³/mol. The first kappa shape index (κ1) is 25.5. The summed E-state index contributed by atoms with van der Waals surface area (Å²) in [5.74, 6) is 0.879. The predicted octanol–water partition coefficient (Wildman–Crippen LogP) is 4.12. The number of amides is 1. The maximum absolute atomic E-state index is 12.6. The number of rotatable bonds is 10. The third-order valence-corrected chi connectivity index (χ3v) is 6.38. The van der Waals surface area contributed by atoms with Gasteiger partial charge in [0, 0.05) is 13.6 Å². The summed E-state index contributed by atoms with van der Waals surface area (Å²) in [6.07, 6.45) is 1.75. The summed E-state index contributed by atoms with van der Waals surface area (Å²) in [4.78, 5) is 15.0. The lowest BCUT2D eigenvalue weighted by molar-refractivity contribution is -0.124. The van der Waals surface area contributed by atoms with E-state index in [9.17, 15) is 9.90 Å². The van der Waals surface area contributed by atoms with Crippen molar-refractivity contribution in [3.05, 3.63) is 64.7 Å². The molecule has 2 aromatic rings.